The van der Waals surface area contributed by atoms with Gasteiger partial charge in [0.25, 0.3) is 0 Å². The van der Waals surface area contributed by atoms with Crippen molar-refractivity contribution in [3.63, 3.8) is 0 Å². The Morgan fingerprint density at radius 2 is 1.72 bits per heavy atom. The van der Waals surface area contributed by atoms with Crippen LogP contribution in [0.1, 0.15) is 26.7 Å². The van der Waals surface area contributed by atoms with Crippen LogP contribution in [0, 0.1) is 5.92 Å². The molecule has 18 heavy (non-hydrogen) atoms. The van der Waals surface area contributed by atoms with E-state index < -0.39 is 25.9 Å². The van der Waals surface area contributed by atoms with Crippen molar-refractivity contribution in [2.24, 2.45) is 11.7 Å². The van der Waals surface area contributed by atoms with E-state index in [1.807, 2.05) is 19.3 Å². The molecular formula is C8H21N2O7P. The first-order chi connectivity index (χ1) is 7.97. The van der Waals surface area contributed by atoms with Crippen LogP contribution in [0.15, 0.2) is 0 Å². The maximum absolute atomic E-state index is 10.5. The van der Waals surface area contributed by atoms with E-state index in [-0.39, 0.29) is 6.42 Å². The molecule has 0 aromatic carbocycles. The van der Waals surface area contributed by atoms with Crippen molar-refractivity contribution in [2.75, 3.05) is 0 Å². The third-order valence-corrected chi connectivity index (χ3v) is 1.77. The zero-order valence-electron chi connectivity index (χ0n) is 10.2. The topological polar surface area (TPSA) is 173 Å². The Labute approximate surface area is 105 Å². The monoisotopic (exact) mass is 288 g/mol. The predicted molar refractivity (Wildman–Crippen MR) is 62.2 cm³/mol. The molecule has 0 aromatic heterocycles. The van der Waals surface area contributed by atoms with Crippen molar-refractivity contribution >= 4 is 13.7 Å². The van der Waals surface area contributed by atoms with Gasteiger partial charge >= 0.3 is 7.82 Å². The Kier molecular flexibility index (Phi) is 10.3. The van der Waals surface area contributed by atoms with E-state index in [0.717, 1.165) is 0 Å². The van der Waals surface area contributed by atoms with E-state index in [0.29, 0.717) is 12.3 Å². The Bertz CT molecular complexity index is 272. The van der Waals surface area contributed by atoms with Crippen LogP contribution in [0.3, 0.4) is 0 Å². The predicted octanol–water partition coefficient (Wildman–Crippen LogP) is -1.31. The van der Waals surface area contributed by atoms with E-state index in [1.165, 1.54) is 0 Å². The second-order valence-corrected chi connectivity index (χ2v) is 5.14. The van der Waals surface area contributed by atoms with Crippen molar-refractivity contribution in [3.05, 3.63) is 0 Å². The van der Waals surface area contributed by atoms with E-state index in [4.69, 9.17) is 30.2 Å². The fourth-order valence-electron chi connectivity index (χ4n) is 1.15. The number of carbonyl (C=O) groups is 1. The lowest BCUT2D eigenvalue weighted by Crippen LogP contribution is -2.41. The van der Waals surface area contributed by atoms with Crippen LogP contribution in [0.4, 0.5) is 0 Å². The highest BCUT2D eigenvalue weighted by atomic mass is 31.2. The second kappa shape index (κ2) is 9.40. The number of nitrogens with two attached hydrogens (primary N) is 1. The molecule has 0 rings (SSSR count). The van der Waals surface area contributed by atoms with Crippen molar-refractivity contribution in [1.29, 1.82) is 0 Å². The van der Waals surface area contributed by atoms with Crippen LogP contribution in [0.25, 0.3) is 0 Å². The molecule has 10 heteroatoms. The number of hydroxylamine groups is 1. The molecule has 0 aromatic rings. The number of amides is 1. The van der Waals surface area contributed by atoms with Gasteiger partial charge < -0.3 is 30.7 Å². The van der Waals surface area contributed by atoms with Gasteiger partial charge in [0, 0.05) is 0 Å². The molecule has 2 atom stereocenters. The van der Waals surface area contributed by atoms with E-state index >= 15 is 0 Å². The molecule has 0 saturated carbocycles. The van der Waals surface area contributed by atoms with Crippen LogP contribution < -0.4 is 11.2 Å². The summed E-state index contributed by atoms with van der Waals surface area (Å²) in [5.41, 5.74) is 6.89. The molecule has 1 amide bonds. The number of rotatable bonds is 6. The second-order valence-electron chi connectivity index (χ2n) is 4.12. The van der Waals surface area contributed by atoms with Gasteiger partial charge in [0.1, 0.15) is 0 Å². The molecule has 0 radical (unpaired) electrons. The standard InChI is InChI=1S/C8H18N2O3.H3O4P/c1-5(2)3-6(10-13)7(11)4-8(9)12;1-5(2,3)4/h5-7,10-11,13H,3-4H2,1-2H3,(H2,9,12);(H3,1,2,3,4)/t6-,7-;/m0./s1. The van der Waals surface area contributed by atoms with Gasteiger partial charge in [0.15, 0.2) is 0 Å². The number of phosphoric acid groups is 1. The minimum Gasteiger partial charge on any atom is -0.391 e. The third-order valence-electron chi connectivity index (χ3n) is 1.77. The summed E-state index contributed by atoms with van der Waals surface area (Å²) in [4.78, 5) is 32.0. The van der Waals surface area contributed by atoms with Crippen molar-refractivity contribution < 1.29 is 34.4 Å². The molecule has 0 heterocycles. The average Bonchev–Trinajstić information content (AvgIpc) is 2.09. The molecule has 0 bridgehead atoms. The van der Waals surface area contributed by atoms with Crippen LogP contribution in [0.2, 0.25) is 0 Å². The summed E-state index contributed by atoms with van der Waals surface area (Å²) in [5.74, 6) is -0.247. The zero-order valence-corrected chi connectivity index (χ0v) is 11.1. The first-order valence-electron chi connectivity index (χ1n) is 5.11. The first-order valence-corrected chi connectivity index (χ1v) is 6.68. The Morgan fingerprint density at radius 1 is 1.33 bits per heavy atom. The van der Waals surface area contributed by atoms with E-state index in [2.05, 4.69) is 0 Å². The number of nitrogens with one attached hydrogen (secondary N) is 1. The fraction of sp³-hybridized carbons (Fsp3) is 0.875. The Hall–Kier alpha value is -0.540. The van der Waals surface area contributed by atoms with Gasteiger partial charge in [-0.05, 0) is 12.3 Å². The zero-order chi connectivity index (χ0) is 14.9. The first kappa shape index (κ1) is 19.8. The molecule has 0 fully saturated rings. The molecule has 8 N–H and O–H groups in total. The Balaban J connectivity index is 0. The van der Waals surface area contributed by atoms with Gasteiger partial charge in [-0.1, -0.05) is 13.8 Å². The summed E-state index contributed by atoms with van der Waals surface area (Å²) in [6.45, 7) is 3.92. The number of carbonyl (C=O) groups excluding carboxylic acids is 1. The highest BCUT2D eigenvalue weighted by Gasteiger charge is 2.21. The SMILES string of the molecule is CC(C)C[C@H](NO)[C@@H](O)CC(N)=O.O=P(O)(O)O. The summed E-state index contributed by atoms with van der Waals surface area (Å²) in [7, 11) is -4.64. The summed E-state index contributed by atoms with van der Waals surface area (Å²) in [6.07, 6.45) is -0.472. The number of aliphatic hydroxyl groups is 1. The summed E-state index contributed by atoms with van der Waals surface area (Å²) in [6, 6.07) is -0.493. The van der Waals surface area contributed by atoms with Gasteiger partial charge in [-0.3, -0.25) is 4.79 Å². The maximum Gasteiger partial charge on any atom is 0.466 e. The minimum atomic E-state index is -4.64. The largest absolute Gasteiger partial charge is 0.466 e. The molecule has 0 saturated heterocycles. The molecule has 0 aliphatic heterocycles. The minimum absolute atomic E-state index is 0.134. The van der Waals surface area contributed by atoms with Crippen LogP contribution in [-0.2, 0) is 9.36 Å². The lowest BCUT2D eigenvalue weighted by Gasteiger charge is -2.21. The molecule has 0 unspecified atom stereocenters. The quantitative estimate of drug-likeness (QED) is 0.233. The normalized spacial score (nSPS) is 14.7. The smallest absolute Gasteiger partial charge is 0.391 e. The van der Waals surface area contributed by atoms with Crippen LogP contribution in [0.5, 0.6) is 0 Å². The average molecular weight is 288 g/mol. The van der Waals surface area contributed by atoms with E-state index in [1.54, 1.807) is 0 Å². The van der Waals surface area contributed by atoms with Gasteiger partial charge in [-0.15, -0.1) is 0 Å². The van der Waals surface area contributed by atoms with Crippen LogP contribution in [-0.4, -0.2) is 43.0 Å². The lowest BCUT2D eigenvalue weighted by atomic mass is 9.98. The number of hydrogen-bond acceptors (Lipinski definition) is 5. The van der Waals surface area contributed by atoms with Gasteiger partial charge in [0.05, 0.1) is 18.6 Å². The number of primary amides is 1. The van der Waals surface area contributed by atoms with Crippen LogP contribution >= 0.6 is 7.82 Å². The van der Waals surface area contributed by atoms with Crippen molar-refractivity contribution in [2.45, 2.75) is 38.8 Å². The molecule has 9 nitrogen and oxygen atoms in total. The Morgan fingerprint density at radius 3 is 1.94 bits per heavy atom. The molecular weight excluding hydrogens is 267 g/mol. The molecule has 0 aliphatic carbocycles. The summed E-state index contributed by atoms with van der Waals surface area (Å²) >= 11 is 0. The molecule has 110 valence electrons. The third kappa shape index (κ3) is 17.8. The van der Waals surface area contributed by atoms with Crippen molar-refractivity contribution in [3.8, 4) is 0 Å². The summed E-state index contributed by atoms with van der Waals surface area (Å²) in [5, 5.41) is 18.1. The van der Waals surface area contributed by atoms with E-state index in [9.17, 15) is 9.90 Å². The van der Waals surface area contributed by atoms with Crippen molar-refractivity contribution in [1.82, 2.24) is 5.48 Å². The highest BCUT2D eigenvalue weighted by molar-refractivity contribution is 7.45. The lowest BCUT2D eigenvalue weighted by molar-refractivity contribution is -0.120. The van der Waals surface area contributed by atoms with Gasteiger partial charge in [-0.2, -0.15) is 5.48 Å². The number of hydrogen-bond donors (Lipinski definition) is 7. The highest BCUT2D eigenvalue weighted by Crippen LogP contribution is 2.25. The van der Waals surface area contributed by atoms with Gasteiger partial charge in [0.2, 0.25) is 5.91 Å². The van der Waals surface area contributed by atoms with Gasteiger partial charge in [-0.25, -0.2) is 4.57 Å². The molecule has 0 aliphatic rings. The fourth-order valence-corrected chi connectivity index (χ4v) is 1.15. The molecule has 0 spiro atoms. The number of aliphatic hydroxyl groups excluding tert-OH is 1. The maximum atomic E-state index is 10.5. The summed E-state index contributed by atoms with van der Waals surface area (Å²) < 4.78 is 8.88.